The first kappa shape index (κ1) is 11.0. The minimum Gasteiger partial charge on any atom is -0.494 e. The second-order valence-electron chi connectivity index (χ2n) is 4.31. The van der Waals surface area contributed by atoms with Gasteiger partial charge in [-0.1, -0.05) is 0 Å². The maximum atomic E-state index is 13.9. The van der Waals surface area contributed by atoms with Crippen molar-refractivity contribution in [3.8, 4) is 5.75 Å². The van der Waals surface area contributed by atoms with Crippen molar-refractivity contribution >= 4 is 17.1 Å². The van der Waals surface area contributed by atoms with Gasteiger partial charge >= 0.3 is 5.97 Å². The lowest BCUT2D eigenvalue weighted by Crippen LogP contribution is -1.97. The summed E-state index contributed by atoms with van der Waals surface area (Å²) in [4.78, 5) is 15.0. The Morgan fingerprint density at radius 1 is 1.56 bits per heavy atom. The highest BCUT2D eigenvalue weighted by molar-refractivity contribution is 5.94. The normalized spacial score (nSPS) is 16.8. The summed E-state index contributed by atoms with van der Waals surface area (Å²) in [5.74, 6) is -0.836. The second kappa shape index (κ2) is 3.44. The summed E-state index contributed by atoms with van der Waals surface area (Å²) in [5, 5.41) is 8.95. The highest BCUT2D eigenvalue weighted by Crippen LogP contribution is 2.50. The molecule has 6 heteroatoms. The molecule has 1 saturated carbocycles. The molecule has 94 valence electrons. The first-order valence-corrected chi connectivity index (χ1v) is 5.45. The molecule has 1 fully saturated rings. The van der Waals surface area contributed by atoms with Crippen LogP contribution in [-0.2, 0) is 5.67 Å². The predicted molar refractivity (Wildman–Crippen MR) is 59.5 cm³/mol. The van der Waals surface area contributed by atoms with Crippen LogP contribution in [0.1, 0.15) is 29.1 Å². The first-order valence-electron chi connectivity index (χ1n) is 5.45. The summed E-state index contributed by atoms with van der Waals surface area (Å²) in [6.07, 6.45) is 0.766. The van der Waals surface area contributed by atoms with Crippen molar-refractivity contribution in [3.63, 3.8) is 0 Å². The van der Waals surface area contributed by atoms with E-state index in [1.165, 1.54) is 19.2 Å². The Bertz CT molecular complexity index is 645. The number of aromatic nitrogens is 1. The molecule has 2 aromatic rings. The van der Waals surface area contributed by atoms with Crippen molar-refractivity contribution in [2.75, 3.05) is 7.11 Å². The van der Waals surface area contributed by atoms with E-state index < -0.39 is 11.6 Å². The maximum Gasteiger partial charge on any atom is 0.335 e. The highest BCUT2D eigenvalue weighted by Gasteiger charge is 2.50. The van der Waals surface area contributed by atoms with E-state index in [1.54, 1.807) is 0 Å². The van der Waals surface area contributed by atoms with Gasteiger partial charge in [-0.3, -0.25) is 0 Å². The third-order valence-electron chi connectivity index (χ3n) is 3.00. The number of carbonyl (C=O) groups is 1. The van der Waals surface area contributed by atoms with Crippen LogP contribution in [0.5, 0.6) is 5.75 Å². The Hall–Kier alpha value is -2.11. The Labute approximate surface area is 101 Å². The molecule has 1 heterocycles. The second-order valence-corrected chi connectivity index (χ2v) is 4.31. The van der Waals surface area contributed by atoms with Gasteiger partial charge in [0.15, 0.2) is 16.8 Å². The van der Waals surface area contributed by atoms with Crippen LogP contribution in [0.2, 0.25) is 0 Å². The molecule has 0 atom stereocenters. The molecule has 1 aliphatic carbocycles. The fourth-order valence-corrected chi connectivity index (χ4v) is 1.79. The van der Waals surface area contributed by atoms with Gasteiger partial charge in [0.1, 0.15) is 5.75 Å². The van der Waals surface area contributed by atoms with Crippen molar-refractivity contribution in [1.29, 1.82) is 0 Å². The average molecular weight is 251 g/mol. The molecule has 0 amide bonds. The fraction of sp³-hybridized carbons (Fsp3) is 0.333. The molecule has 0 saturated heterocycles. The topological polar surface area (TPSA) is 72.6 Å². The van der Waals surface area contributed by atoms with Crippen LogP contribution in [-0.4, -0.2) is 23.2 Å². The largest absolute Gasteiger partial charge is 0.494 e. The number of hydrogen-bond donors (Lipinski definition) is 1. The number of carboxylic acids is 1. The number of fused-ring (bicyclic) bond motifs is 1. The Morgan fingerprint density at radius 3 is 2.83 bits per heavy atom. The minimum absolute atomic E-state index is 0.00154. The van der Waals surface area contributed by atoms with Crippen LogP contribution < -0.4 is 4.74 Å². The van der Waals surface area contributed by atoms with Gasteiger partial charge in [-0.25, -0.2) is 14.2 Å². The van der Waals surface area contributed by atoms with Gasteiger partial charge in [-0.2, -0.15) is 0 Å². The number of nitrogens with zero attached hydrogens (tertiary/aromatic N) is 1. The standard InChI is InChI=1S/C12H10FNO4/c1-17-7-4-6(10(15)16)5-8-9(7)14-11(18-8)12(13)2-3-12/h4-5H,2-3H2,1H3,(H,15,16). The maximum absolute atomic E-state index is 13.9. The summed E-state index contributed by atoms with van der Waals surface area (Å²) in [7, 11) is 1.40. The molecule has 0 unspecified atom stereocenters. The van der Waals surface area contributed by atoms with Crippen LogP contribution in [0.4, 0.5) is 4.39 Å². The lowest BCUT2D eigenvalue weighted by molar-refractivity contribution is 0.0696. The monoisotopic (exact) mass is 251 g/mol. The smallest absolute Gasteiger partial charge is 0.335 e. The van der Waals surface area contributed by atoms with Gasteiger partial charge < -0.3 is 14.3 Å². The molecule has 1 aliphatic rings. The number of rotatable bonds is 3. The van der Waals surface area contributed by atoms with E-state index >= 15 is 0 Å². The number of carboxylic acid groups (broad SMARTS) is 1. The number of hydrogen-bond acceptors (Lipinski definition) is 4. The van der Waals surface area contributed by atoms with Gasteiger partial charge in [0.05, 0.1) is 12.7 Å². The summed E-state index contributed by atoms with van der Waals surface area (Å²) in [6.45, 7) is 0. The zero-order valence-corrected chi connectivity index (χ0v) is 9.57. The number of ether oxygens (including phenoxy) is 1. The lowest BCUT2D eigenvalue weighted by atomic mass is 10.2. The predicted octanol–water partition coefficient (Wildman–Crippen LogP) is 2.49. The van der Waals surface area contributed by atoms with E-state index in [0.29, 0.717) is 18.4 Å². The van der Waals surface area contributed by atoms with Crippen molar-refractivity contribution in [2.45, 2.75) is 18.5 Å². The van der Waals surface area contributed by atoms with Crippen LogP contribution >= 0.6 is 0 Å². The SMILES string of the molecule is COc1cc(C(=O)O)cc2oc(C3(F)CC3)nc12. The Morgan fingerprint density at radius 2 is 2.28 bits per heavy atom. The van der Waals surface area contributed by atoms with E-state index in [4.69, 9.17) is 14.3 Å². The Kier molecular flexibility index (Phi) is 2.10. The first-order chi connectivity index (χ1) is 8.53. The van der Waals surface area contributed by atoms with E-state index in [2.05, 4.69) is 4.98 Å². The zero-order chi connectivity index (χ0) is 12.9. The quantitative estimate of drug-likeness (QED) is 0.907. The third kappa shape index (κ3) is 1.53. The summed E-state index contributed by atoms with van der Waals surface area (Å²) >= 11 is 0. The van der Waals surface area contributed by atoms with Crippen LogP contribution in [0.3, 0.4) is 0 Å². The molecule has 18 heavy (non-hydrogen) atoms. The van der Waals surface area contributed by atoms with Crippen molar-refractivity contribution in [1.82, 2.24) is 4.98 Å². The van der Waals surface area contributed by atoms with Crippen molar-refractivity contribution in [3.05, 3.63) is 23.6 Å². The van der Waals surface area contributed by atoms with Gasteiger partial charge in [0.2, 0.25) is 5.89 Å². The van der Waals surface area contributed by atoms with E-state index in [0.717, 1.165) is 0 Å². The molecule has 1 N–H and O–H groups in total. The Balaban J connectivity index is 2.22. The summed E-state index contributed by atoms with van der Waals surface area (Å²) < 4.78 is 24.2. The van der Waals surface area contributed by atoms with Gasteiger partial charge in [0, 0.05) is 0 Å². The molecule has 0 aliphatic heterocycles. The highest BCUT2D eigenvalue weighted by atomic mass is 19.1. The molecular formula is C12H10FNO4. The molecule has 0 spiro atoms. The van der Waals surface area contributed by atoms with Crippen molar-refractivity contribution < 1.29 is 23.4 Å². The lowest BCUT2D eigenvalue weighted by Gasteiger charge is -2.01. The zero-order valence-electron chi connectivity index (χ0n) is 9.57. The number of aromatic carboxylic acids is 1. The summed E-state index contributed by atoms with van der Waals surface area (Å²) in [6, 6.07) is 2.66. The average Bonchev–Trinajstić information content (AvgIpc) is 2.93. The molecule has 0 radical (unpaired) electrons. The number of halogens is 1. The molecule has 0 bridgehead atoms. The van der Waals surface area contributed by atoms with Gasteiger partial charge in [0.25, 0.3) is 0 Å². The number of methoxy groups -OCH3 is 1. The molecule has 3 rings (SSSR count). The van der Waals surface area contributed by atoms with Crippen LogP contribution in [0, 0.1) is 0 Å². The van der Waals surface area contributed by atoms with E-state index in [9.17, 15) is 9.18 Å². The molecular weight excluding hydrogens is 241 g/mol. The molecule has 1 aromatic carbocycles. The molecule has 1 aromatic heterocycles. The third-order valence-corrected chi connectivity index (χ3v) is 3.00. The van der Waals surface area contributed by atoms with Crippen LogP contribution in [0.25, 0.3) is 11.1 Å². The molecule has 5 nitrogen and oxygen atoms in total. The summed E-state index contributed by atoms with van der Waals surface area (Å²) in [5.41, 5.74) is -0.897. The number of benzene rings is 1. The minimum atomic E-state index is -1.49. The number of alkyl halides is 1. The van der Waals surface area contributed by atoms with Gasteiger partial charge in [-0.05, 0) is 25.0 Å². The fourth-order valence-electron chi connectivity index (χ4n) is 1.79. The van der Waals surface area contributed by atoms with Crippen LogP contribution in [0.15, 0.2) is 16.5 Å². The van der Waals surface area contributed by atoms with E-state index in [1.807, 2.05) is 0 Å². The van der Waals surface area contributed by atoms with Crippen molar-refractivity contribution in [2.24, 2.45) is 0 Å². The van der Waals surface area contributed by atoms with Gasteiger partial charge in [-0.15, -0.1) is 0 Å². The number of oxazole rings is 1. The van der Waals surface area contributed by atoms with E-state index in [-0.39, 0.29) is 22.8 Å².